The van der Waals surface area contributed by atoms with Crippen molar-refractivity contribution >= 4 is 41.9 Å². The standard InChI is InChI=1S/C23H34N6O2.HI/c1-2-24-22(25-11-14-29-21(30)15-26-23(29)31)28-13-10-20-19(17-28)9-6-12-27(20)16-18-7-4-3-5-8-18;/h3-5,7-8,19-20H,2,6,9-17H2,1H3,(H,24,25)(H,26,31);1H. The molecule has 3 heterocycles. The number of hydrogen-bond acceptors (Lipinski definition) is 4. The van der Waals surface area contributed by atoms with Gasteiger partial charge in [0.1, 0.15) is 0 Å². The Morgan fingerprint density at radius 3 is 2.72 bits per heavy atom. The van der Waals surface area contributed by atoms with Crippen LogP contribution < -0.4 is 10.6 Å². The number of carbonyl (C=O) groups excluding carboxylic acids is 2. The number of piperidine rings is 2. The summed E-state index contributed by atoms with van der Waals surface area (Å²) in [5, 5.41) is 5.96. The van der Waals surface area contributed by atoms with Gasteiger partial charge in [-0.1, -0.05) is 30.3 Å². The molecule has 1 aromatic rings. The van der Waals surface area contributed by atoms with Crippen LogP contribution in [0.3, 0.4) is 0 Å². The molecule has 3 saturated heterocycles. The van der Waals surface area contributed by atoms with Gasteiger partial charge in [-0.15, -0.1) is 24.0 Å². The fourth-order valence-electron chi connectivity index (χ4n) is 5.08. The summed E-state index contributed by atoms with van der Waals surface area (Å²) in [5.41, 5.74) is 1.39. The first-order chi connectivity index (χ1) is 15.2. The third-order valence-corrected chi connectivity index (χ3v) is 6.57. The smallest absolute Gasteiger partial charge is 0.324 e. The summed E-state index contributed by atoms with van der Waals surface area (Å²) in [6, 6.07) is 11.1. The van der Waals surface area contributed by atoms with E-state index in [-0.39, 0.29) is 42.5 Å². The molecule has 3 aliphatic rings. The molecular formula is C23H35IN6O2. The number of carbonyl (C=O) groups is 2. The Kier molecular flexibility index (Phi) is 9.15. The van der Waals surface area contributed by atoms with Crippen LogP contribution in [-0.4, -0.2) is 84.5 Å². The number of benzene rings is 1. The topological polar surface area (TPSA) is 80.3 Å². The van der Waals surface area contributed by atoms with Crippen LogP contribution >= 0.6 is 24.0 Å². The predicted molar refractivity (Wildman–Crippen MR) is 136 cm³/mol. The van der Waals surface area contributed by atoms with Crippen LogP contribution in [-0.2, 0) is 11.3 Å². The molecule has 9 heteroatoms. The lowest BCUT2D eigenvalue weighted by Gasteiger charge is -2.48. The van der Waals surface area contributed by atoms with Crippen molar-refractivity contribution in [1.29, 1.82) is 0 Å². The van der Waals surface area contributed by atoms with Gasteiger partial charge < -0.3 is 15.5 Å². The quantitative estimate of drug-likeness (QED) is 0.244. The van der Waals surface area contributed by atoms with E-state index in [0.717, 1.165) is 38.6 Å². The second kappa shape index (κ2) is 11.8. The molecule has 4 rings (SSSR count). The third kappa shape index (κ3) is 5.92. The molecule has 2 atom stereocenters. The van der Waals surface area contributed by atoms with Gasteiger partial charge in [-0.2, -0.15) is 0 Å². The molecule has 0 aliphatic carbocycles. The van der Waals surface area contributed by atoms with Crippen molar-refractivity contribution in [2.75, 3.05) is 45.8 Å². The van der Waals surface area contributed by atoms with Gasteiger partial charge in [-0.25, -0.2) is 4.79 Å². The van der Waals surface area contributed by atoms with Crippen molar-refractivity contribution < 1.29 is 9.59 Å². The highest BCUT2D eigenvalue weighted by Gasteiger charge is 2.36. The maximum Gasteiger partial charge on any atom is 0.324 e. The van der Waals surface area contributed by atoms with Crippen molar-refractivity contribution in [1.82, 2.24) is 25.3 Å². The summed E-state index contributed by atoms with van der Waals surface area (Å²) in [7, 11) is 0. The zero-order valence-corrected chi connectivity index (χ0v) is 21.2. The highest BCUT2D eigenvalue weighted by Crippen LogP contribution is 2.31. The fourth-order valence-corrected chi connectivity index (χ4v) is 5.08. The van der Waals surface area contributed by atoms with E-state index in [9.17, 15) is 9.59 Å². The molecule has 1 aromatic carbocycles. The van der Waals surface area contributed by atoms with Gasteiger partial charge >= 0.3 is 6.03 Å². The van der Waals surface area contributed by atoms with Crippen molar-refractivity contribution in [2.24, 2.45) is 10.9 Å². The normalized spacial score (nSPS) is 24.1. The molecule has 3 amide bonds. The number of urea groups is 1. The molecule has 3 aliphatic heterocycles. The largest absolute Gasteiger partial charge is 0.357 e. The highest BCUT2D eigenvalue weighted by atomic mass is 127. The average molecular weight is 554 g/mol. The summed E-state index contributed by atoms with van der Waals surface area (Å²) in [6.45, 7) is 7.90. The molecule has 0 saturated carbocycles. The van der Waals surface area contributed by atoms with Gasteiger partial charge in [0.15, 0.2) is 5.96 Å². The second-order valence-corrected chi connectivity index (χ2v) is 8.60. The average Bonchev–Trinajstić information content (AvgIpc) is 3.11. The Bertz CT molecular complexity index is 789. The Labute approximate surface area is 207 Å². The Morgan fingerprint density at radius 2 is 2.00 bits per heavy atom. The fraction of sp³-hybridized carbons (Fsp3) is 0.609. The van der Waals surface area contributed by atoms with Gasteiger partial charge in [0.25, 0.3) is 0 Å². The Hall–Kier alpha value is -1.88. The van der Waals surface area contributed by atoms with E-state index in [4.69, 9.17) is 4.99 Å². The minimum absolute atomic E-state index is 0. The lowest BCUT2D eigenvalue weighted by atomic mass is 9.83. The summed E-state index contributed by atoms with van der Waals surface area (Å²) in [6.07, 6.45) is 3.63. The lowest BCUT2D eigenvalue weighted by Crippen LogP contribution is -2.56. The highest BCUT2D eigenvalue weighted by molar-refractivity contribution is 14.0. The van der Waals surface area contributed by atoms with E-state index < -0.39 is 0 Å². The van der Waals surface area contributed by atoms with Gasteiger partial charge in [0, 0.05) is 32.2 Å². The number of fused-ring (bicyclic) bond motifs is 1. The first-order valence-corrected chi connectivity index (χ1v) is 11.5. The lowest BCUT2D eigenvalue weighted by molar-refractivity contribution is -0.124. The third-order valence-electron chi connectivity index (χ3n) is 6.57. The van der Waals surface area contributed by atoms with Gasteiger partial charge in [-0.05, 0) is 44.2 Å². The molecule has 2 N–H and O–H groups in total. The summed E-state index contributed by atoms with van der Waals surface area (Å²) < 4.78 is 0. The van der Waals surface area contributed by atoms with E-state index in [1.54, 1.807) is 0 Å². The number of nitrogens with one attached hydrogen (secondary N) is 2. The van der Waals surface area contributed by atoms with E-state index in [1.165, 1.54) is 29.8 Å². The molecule has 8 nitrogen and oxygen atoms in total. The molecule has 2 unspecified atom stereocenters. The van der Waals surface area contributed by atoms with Crippen molar-refractivity contribution in [3.8, 4) is 0 Å². The van der Waals surface area contributed by atoms with Crippen molar-refractivity contribution in [2.45, 2.75) is 38.8 Å². The van der Waals surface area contributed by atoms with Crippen LogP contribution in [0.15, 0.2) is 35.3 Å². The van der Waals surface area contributed by atoms with Crippen molar-refractivity contribution in [3.63, 3.8) is 0 Å². The SMILES string of the molecule is CCNC(=NCCN1C(=O)CNC1=O)N1CCC2C(CCCN2Cc2ccccc2)C1.I. The summed E-state index contributed by atoms with van der Waals surface area (Å²) >= 11 is 0. The maximum atomic E-state index is 11.8. The number of aliphatic imine (C=N–C) groups is 1. The van der Waals surface area contributed by atoms with Crippen LogP contribution in [0.4, 0.5) is 4.79 Å². The summed E-state index contributed by atoms with van der Waals surface area (Å²) in [4.78, 5) is 34.5. The number of hydrogen-bond donors (Lipinski definition) is 2. The van der Waals surface area contributed by atoms with E-state index in [0.29, 0.717) is 25.0 Å². The molecule has 0 bridgehead atoms. The van der Waals surface area contributed by atoms with Crippen LogP contribution in [0.1, 0.15) is 31.7 Å². The second-order valence-electron chi connectivity index (χ2n) is 8.60. The molecular weight excluding hydrogens is 519 g/mol. The molecule has 0 spiro atoms. The molecule has 176 valence electrons. The zero-order valence-electron chi connectivity index (χ0n) is 18.8. The molecule has 0 radical (unpaired) electrons. The van der Waals surface area contributed by atoms with E-state index >= 15 is 0 Å². The minimum Gasteiger partial charge on any atom is -0.357 e. The Morgan fingerprint density at radius 1 is 1.19 bits per heavy atom. The predicted octanol–water partition coefficient (Wildman–Crippen LogP) is 2.11. The number of halogens is 1. The molecule has 3 fully saturated rings. The number of imide groups is 1. The number of amides is 3. The van der Waals surface area contributed by atoms with Crippen LogP contribution in [0.2, 0.25) is 0 Å². The minimum atomic E-state index is -0.313. The first-order valence-electron chi connectivity index (χ1n) is 11.5. The van der Waals surface area contributed by atoms with Crippen LogP contribution in [0.5, 0.6) is 0 Å². The monoisotopic (exact) mass is 554 g/mol. The number of rotatable bonds is 6. The molecule has 32 heavy (non-hydrogen) atoms. The van der Waals surface area contributed by atoms with E-state index in [1.807, 2.05) is 0 Å². The Balaban J connectivity index is 0.00000289. The van der Waals surface area contributed by atoms with Gasteiger partial charge in [-0.3, -0.25) is 19.6 Å². The van der Waals surface area contributed by atoms with Crippen LogP contribution in [0.25, 0.3) is 0 Å². The number of likely N-dealkylation sites (tertiary alicyclic amines) is 2. The van der Waals surface area contributed by atoms with Crippen LogP contribution in [0, 0.1) is 5.92 Å². The number of nitrogens with zero attached hydrogens (tertiary/aromatic N) is 4. The number of guanidine groups is 1. The summed E-state index contributed by atoms with van der Waals surface area (Å²) in [5.74, 6) is 1.36. The molecule has 0 aromatic heterocycles. The van der Waals surface area contributed by atoms with Gasteiger partial charge in [0.05, 0.1) is 19.6 Å². The van der Waals surface area contributed by atoms with E-state index in [2.05, 4.69) is 57.7 Å². The zero-order chi connectivity index (χ0) is 21.6. The van der Waals surface area contributed by atoms with Gasteiger partial charge in [0.2, 0.25) is 5.91 Å². The van der Waals surface area contributed by atoms with Crippen molar-refractivity contribution in [3.05, 3.63) is 35.9 Å². The first kappa shape index (κ1) is 24.8. The maximum absolute atomic E-state index is 11.8.